The number of rotatable bonds is 6. The molecular formula is C31H23N3O3. The first-order valence-corrected chi connectivity index (χ1v) is 12.0. The highest BCUT2D eigenvalue weighted by molar-refractivity contribution is 6.22. The Kier molecular flexibility index (Phi) is 5.71. The molecule has 0 atom stereocenters. The summed E-state index contributed by atoms with van der Waals surface area (Å²) in [4.78, 5) is 18.6. The van der Waals surface area contributed by atoms with Gasteiger partial charge in [-0.3, -0.25) is 15.1 Å². The molecule has 0 bridgehead atoms. The van der Waals surface area contributed by atoms with Gasteiger partial charge >= 0.3 is 0 Å². The summed E-state index contributed by atoms with van der Waals surface area (Å²) in [5.74, 6) is -0.0125. The van der Waals surface area contributed by atoms with Gasteiger partial charge in [0.1, 0.15) is 18.0 Å². The third kappa shape index (κ3) is 4.24. The molecule has 0 saturated carbocycles. The summed E-state index contributed by atoms with van der Waals surface area (Å²) in [5.41, 5.74) is 9.37. The smallest absolute Gasteiger partial charge is 0.194 e. The summed E-state index contributed by atoms with van der Waals surface area (Å²) in [5, 5.41) is 21.6. The molecule has 1 aliphatic rings. The molecule has 180 valence electrons. The molecule has 37 heavy (non-hydrogen) atoms. The van der Waals surface area contributed by atoms with Crippen molar-refractivity contribution >= 4 is 33.6 Å². The second-order valence-electron chi connectivity index (χ2n) is 9.02. The first kappa shape index (κ1) is 22.6. The van der Waals surface area contributed by atoms with E-state index in [-0.39, 0.29) is 18.1 Å². The first-order valence-electron chi connectivity index (χ1n) is 12.0. The van der Waals surface area contributed by atoms with Gasteiger partial charge in [-0.15, -0.1) is 5.11 Å². The van der Waals surface area contributed by atoms with Crippen molar-refractivity contribution in [3.8, 4) is 16.9 Å². The summed E-state index contributed by atoms with van der Waals surface area (Å²) in [7, 11) is 0. The predicted molar refractivity (Wildman–Crippen MR) is 145 cm³/mol. The first-order chi connectivity index (χ1) is 18.1. The zero-order valence-electron chi connectivity index (χ0n) is 20.1. The van der Waals surface area contributed by atoms with Crippen LogP contribution in [-0.4, -0.2) is 10.9 Å². The summed E-state index contributed by atoms with van der Waals surface area (Å²) >= 11 is 0. The molecule has 6 rings (SSSR count). The maximum atomic E-state index is 13.0. The molecule has 0 radical (unpaired) electrons. The van der Waals surface area contributed by atoms with Gasteiger partial charge in [0.05, 0.1) is 11.4 Å². The molecule has 0 amide bonds. The number of fused-ring (bicyclic) bond motifs is 4. The second kappa shape index (κ2) is 9.33. The largest absolute Gasteiger partial charge is 0.505 e. The quantitative estimate of drug-likeness (QED) is 0.185. The van der Waals surface area contributed by atoms with Crippen LogP contribution in [-0.2, 0) is 11.4 Å². The Bertz CT molecular complexity index is 1690. The van der Waals surface area contributed by atoms with Gasteiger partial charge in [-0.2, -0.15) is 5.11 Å². The number of phenolic OH excluding ortho intramolecular Hbond substituents is 1. The fourth-order valence-corrected chi connectivity index (χ4v) is 4.64. The van der Waals surface area contributed by atoms with Gasteiger partial charge < -0.3 is 5.11 Å². The number of phenols is 1. The summed E-state index contributed by atoms with van der Waals surface area (Å²) in [6.45, 7) is 2.10. The van der Waals surface area contributed by atoms with E-state index in [1.807, 2.05) is 97.9 Å². The van der Waals surface area contributed by atoms with Crippen LogP contribution in [0.2, 0.25) is 0 Å². The Balaban J connectivity index is 1.31. The van der Waals surface area contributed by atoms with Crippen molar-refractivity contribution in [1.82, 2.24) is 0 Å². The van der Waals surface area contributed by atoms with Crippen molar-refractivity contribution in [2.75, 3.05) is 5.48 Å². The number of hydrogen-bond acceptors (Lipinski definition) is 6. The molecule has 6 nitrogen and oxygen atoms in total. The van der Waals surface area contributed by atoms with E-state index in [0.717, 1.165) is 33.2 Å². The van der Waals surface area contributed by atoms with E-state index in [1.165, 1.54) is 0 Å². The number of azo groups is 1. The van der Waals surface area contributed by atoms with Crippen LogP contribution >= 0.6 is 0 Å². The lowest BCUT2D eigenvalue weighted by atomic mass is 10.0. The molecule has 0 unspecified atom stereocenters. The molecule has 0 aliphatic heterocycles. The molecule has 0 aromatic heterocycles. The number of carbonyl (C=O) groups excluding carboxylic acids is 1. The van der Waals surface area contributed by atoms with Gasteiger partial charge in [0.15, 0.2) is 5.78 Å². The Morgan fingerprint density at radius 2 is 1.51 bits per heavy atom. The normalized spacial score (nSPS) is 12.2. The van der Waals surface area contributed by atoms with Crippen LogP contribution in [0.5, 0.6) is 5.75 Å². The van der Waals surface area contributed by atoms with Crippen molar-refractivity contribution in [2.45, 2.75) is 13.5 Å². The summed E-state index contributed by atoms with van der Waals surface area (Å²) in [6, 6.07) is 30.5. The van der Waals surface area contributed by atoms with Crippen molar-refractivity contribution in [1.29, 1.82) is 0 Å². The number of aryl methyl sites for hydroxylation is 1. The predicted octanol–water partition coefficient (Wildman–Crippen LogP) is 8.02. The van der Waals surface area contributed by atoms with Crippen molar-refractivity contribution < 1.29 is 14.7 Å². The standard InChI is InChI=1S/C31H23N3O3/c1-19-11-13-25-26-14-12-23(17-28(26)31(36)27(25)15-19)32-33-29-24-10-6-5-7-20(24)16-21(30(29)35)18-37-34-22-8-3-2-4-9-22/h2-17,34-35H,18H2,1H3. The molecule has 0 saturated heterocycles. The highest BCUT2D eigenvalue weighted by Gasteiger charge is 2.26. The van der Waals surface area contributed by atoms with E-state index in [2.05, 4.69) is 15.7 Å². The Morgan fingerprint density at radius 3 is 2.35 bits per heavy atom. The number of aromatic hydroxyl groups is 1. The Morgan fingerprint density at radius 1 is 0.784 bits per heavy atom. The molecule has 0 spiro atoms. The lowest BCUT2D eigenvalue weighted by Crippen LogP contribution is -2.01. The monoisotopic (exact) mass is 485 g/mol. The van der Waals surface area contributed by atoms with Crippen LogP contribution in [0.15, 0.2) is 107 Å². The number of anilines is 1. The highest BCUT2D eigenvalue weighted by atomic mass is 16.6. The van der Waals surface area contributed by atoms with E-state index in [0.29, 0.717) is 28.1 Å². The highest BCUT2D eigenvalue weighted by Crippen LogP contribution is 2.41. The van der Waals surface area contributed by atoms with Crippen molar-refractivity contribution in [3.63, 3.8) is 0 Å². The van der Waals surface area contributed by atoms with Gasteiger partial charge in [0.25, 0.3) is 0 Å². The molecule has 2 N–H and O–H groups in total. The van der Waals surface area contributed by atoms with Crippen LogP contribution in [0.4, 0.5) is 17.1 Å². The van der Waals surface area contributed by atoms with E-state index in [9.17, 15) is 9.90 Å². The van der Waals surface area contributed by atoms with Crippen LogP contribution in [0.1, 0.15) is 27.0 Å². The van der Waals surface area contributed by atoms with E-state index in [4.69, 9.17) is 4.84 Å². The summed E-state index contributed by atoms with van der Waals surface area (Å²) in [6.07, 6.45) is 0. The second-order valence-corrected chi connectivity index (χ2v) is 9.02. The van der Waals surface area contributed by atoms with Crippen molar-refractivity contribution in [2.24, 2.45) is 10.2 Å². The number of para-hydroxylation sites is 1. The molecular weight excluding hydrogens is 462 g/mol. The minimum atomic E-state index is -0.0101. The minimum absolute atomic E-state index is 0.00238. The van der Waals surface area contributed by atoms with Crippen LogP contribution in [0, 0.1) is 6.92 Å². The van der Waals surface area contributed by atoms with Crippen LogP contribution in [0.3, 0.4) is 0 Å². The van der Waals surface area contributed by atoms with Crippen LogP contribution in [0.25, 0.3) is 21.9 Å². The molecule has 6 heteroatoms. The molecule has 1 aliphatic carbocycles. The minimum Gasteiger partial charge on any atom is -0.505 e. The van der Waals surface area contributed by atoms with E-state index >= 15 is 0 Å². The third-order valence-corrected chi connectivity index (χ3v) is 6.49. The van der Waals surface area contributed by atoms with Gasteiger partial charge in [0.2, 0.25) is 0 Å². The fraction of sp³-hybridized carbons (Fsp3) is 0.0645. The third-order valence-electron chi connectivity index (χ3n) is 6.49. The number of ketones is 1. The lowest BCUT2D eigenvalue weighted by Gasteiger charge is -2.12. The number of benzene rings is 5. The van der Waals surface area contributed by atoms with Gasteiger partial charge in [-0.05, 0) is 59.8 Å². The Labute approximate surface area is 213 Å². The zero-order valence-corrected chi connectivity index (χ0v) is 20.1. The van der Waals surface area contributed by atoms with E-state index < -0.39 is 0 Å². The SMILES string of the molecule is Cc1ccc2c(c1)C(=O)c1cc(N=Nc3c(O)c(CONc4ccccc4)cc4ccccc34)ccc1-2. The number of hydrogen-bond donors (Lipinski definition) is 2. The topological polar surface area (TPSA) is 83.3 Å². The zero-order chi connectivity index (χ0) is 25.4. The summed E-state index contributed by atoms with van der Waals surface area (Å²) < 4.78 is 0. The number of nitrogens with zero attached hydrogens (tertiary/aromatic N) is 2. The fourth-order valence-electron chi connectivity index (χ4n) is 4.64. The molecule has 5 aromatic carbocycles. The van der Waals surface area contributed by atoms with Gasteiger partial charge in [0, 0.05) is 22.1 Å². The average molecular weight is 486 g/mol. The number of nitrogens with one attached hydrogen (secondary N) is 1. The van der Waals surface area contributed by atoms with Crippen LogP contribution < -0.4 is 5.48 Å². The lowest BCUT2D eigenvalue weighted by molar-refractivity contribution is 0.104. The van der Waals surface area contributed by atoms with Gasteiger partial charge in [-0.25, -0.2) is 0 Å². The van der Waals surface area contributed by atoms with Crippen molar-refractivity contribution in [3.05, 3.63) is 119 Å². The maximum Gasteiger partial charge on any atom is 0.194 e. The van der Waals surface area contributed by atoms with E-state index in [1.54, 1.807) is 6.07 Å². The van der Waals surface area contributed by atoms with Gasteiger partial charge in [-0.1, -0.05) is 66.2 Å². The average Bonchev–Trinajstić information content (AvgIpc) is 3.19. The molecule has 0 heterocycles. The maximum absolute atomic E-state index is 13.0. The number of carbonyl (C=O) groups is 1. The Hall–Kier alpha value is -4.81. The molecule has 0 fully saturated rings. The molecule has 5 aromatic rings.